The van der Waals surface area contributed by atoms with Crippen molar-refractivity contribution in [1.29, 1.82) is 0 Å². The summed E-state index contributed by atoms with van der Waals surface area (Å²) < 4.78 is 46.2. The molecule has 1 N–H and O–H groups in total. The van der Waals surface area contributed by atoms with Gasteiger partial charge in [0.25, 0.3) is 10.0 Å². The first-order chi connectivity index (χ1) is 15.4. The molecule has 1 saturated heterocycles. The minimum absolute atomic E-state index is 0.0456. The predicted molar refractivity (Wildman–Crippen MR) is 119 cm³/mol. The zero-order valence-corrected chi connectivity index (χ0v) is 18.5. The number of rotatable bonds is 7. The highest BCUT2D eigenvalue weighted by Gasteiger charge is 2.25. The third kappa shape index (κ3) is 5.41. The summed E-state index contributed by atoms with van der Waals surface area (Å²) in [5.74, 6) is -0.213. The van der Waals surface area contributed by atoms with E-state index in [4.69, 9.17) is 4.74 Å². The quantitative estimate of drug-likeness (QED) is 0.578. The van der Waals surface area contributed by atoms with Gasteiger partial charge in [0, 0.05) is 19.1 Å². The lowest BCUT2D eigenvalue weighted by Gasteiger charge is -2.36. The second-order valence-corrected chi connectivity index (χ2v) is 9.42. The van der Waals surface area contributed by atoms with Crippen LogP contribution in [-0.4, -0.2) is 42.5 Å². The Bertz CT molecular complexity index is 1120. The summed E-state index contributed by atoms with van der Waals surface area (Å²) in [5.41, 5.74) is 1.31. The number of halogens is 1. The number of nitrogens with one attached hydrogen (secondary N) is 1. The molecule has 0 bridgehead atoms. The van der Waals surface area contributed by atoms with E-state index >= 15 is 0 Å². The first-order valence-electron chi connectivity index (χ1n) is 10.5. The number of anilines is 1. The molecule has 0 radical (unpaired) electrons. The topological polar surface area (TPSA) is 84.4 Å². The fourth-order valence-corrected chi connectivity index (χ4v) is 4.72. The molecule has 0 saturated carbocycles. The minimum atomic E-state index is -3.88. The van der Waals surface area contributed by atoms with Crippen LogP contribution in [0.4, 0.5) is 10.3 Å². The van der Waals surface area contributed by atoms with Gasteiger partial charge >= 0.3 is 0 Å². The molecule has 168 valence electrons. The smallest absolute Gasteiger partial charge is 0.264 e. The molecule has 1 unspecified atom stereocenters. The molecule has 1 fully saturated rings. The van der Waals surface area contributed by atoms with Crippen LogP contribution in [0.1, 0.15) is 31.4 Å². The van der Waals surface area contributed by atoms with Crippen LogP contribution in [0.5, 0.6) is 5.75 Å². The van der Waals surface area contributed by atoms with Gasteiger partial charge in [0.15, 0.2) is 5.82 Å². The maximum absolute atomic E-state index is 12.9. The molecule has 1 aliphatic rings. The van der Waals surface area contributed by atoms with Crippen molar-refractivity contribution in [2.45, 2.75) is 36.8 Å². The Hall–Kier alpha value is -3.04. The number of piperidine rings is 1. The van der Waals surface area contributed by atoms with E-state index in [0.717, 1.165) is 38.3 Å². The van der Waals surface area contributed by atoms with Gasteiger partial charge in [0.2, 0.25) is 5.95 Å². The molecule has 3 aromatic rings. The second kappa shape index (κ2) is 9.62. The maximum Gasteiger partial charge on any atom is 0.264 e. The summed E-state index contributed by atoms with van der Waals surface area (Å²) in [6.07, 6.45) is 3.69. The van der Waals surface area contributed by atoms with Crippen LogP contribution in [-0.2, 0) is 10.0 Å². The predicted octanol–water partition coefficient (Wildman–Crippen LogP) is 4.02. The summed E-state index contributed by atoms with van der Waals surface area (Å²) in [5, 5.41) is 0. The average molecular weight is 457 g/mol. The Morgan fingerprint density at radius 2 is 1.66 bits per heavy atom. The first kappa shape index (κ1) is 22.2. The van der Waals surface area contributed by atoms with Crippen LogP contribution in [0, 0.1) is 5.82 Å². The third-order valence-electron chi connectivity index (χ3n) is 5.59. The maximum atomic E-state index is 12.9. The zero-order chi connectivity index (χ0) is 22.6. The van der Waals surface area contributed by atoms with E-state index in [9.17, 15) is 12.8 Å². The minimum Gasteiger partial charge on any atom is -0.490 e. The van der Waals surface area contributed by atoms with Gasteiger partial charge in [-0.15, -0.1) is 0 Å². The molecule has 7 nitrogen and oxygen atoms in total. The van der Waals surface area contributed by atoms with Gasteiger partial charge in [-0.3, -0.25) is 4.90 Å². The van der Waals surface area contributed by atoms with Gasteiger partial charge in [-0.1, -0.05) is 30.3 Å². The standard InChI is InChI=1S/C23H25FN4O3S/c1-17(18-5-3-2-4-6-18)28-13-11-21(12-14-28)31-20-7-9-22(10-8-20)32(29,30)27-23-25-15-19(24)16-26-23/h2-10,15-17,21H,11-14H2,1H3,(H,25,26,27). The SMILES string of the molecule is CC(c1ccccc1)N1CCC(Oc2ccc(S(=O)(=O)Nc3ncc(F)cn3)cc2)CC1. The van der Waals surface area contributed by atoms with Crippen molar-refractivity contribution in [1.82, 2.24) is 14.9 Å². The van der Waals surface area contributed by atoms with Crippen LogP contribution in [0.3, 0.4) is 0 Å². The number of nitrogens with zero attached hydrogens (tertiary/aromatic N) is 3. The highest BCUT2D eigenvalue weighted by Crippen LogP contribution is 2.26. The Kier molecular flexibility index (Phi) is 6.66. The molecule has 1 atom stereocenters. The fourth-order valence-electron chi connectivity index (χ4n) is 3.76. The number of ether oxygens (including phenoxy) is 1. The van der Waals surface area contributed by atoms with E-state index in [1.807, 2.05) is 6.07 Å². The molecule has 32 heavy (non-hydrogen) atoms. The number of benzene rings is 2. The van der Waals surface area contributed by atoms with Crippen molar-refractivity contribution >= 4 is 16.0 Å². The van der Waals surface area contributed by atoms with Gasteiger partial charge in [0.05, 0.1) is 17.3 Å². The number of likely N-dealkylation sites (tertiary alicyclic amines) is 1. The van der Waals surface area contributed by atoms with Crippen LogP contribution in [0.15, 0.2) is 71.9 Å². The third-order valence-corrected chi connectivity index (χ3v) is 6.93. The first-order valence-corrected chi connectivity index (χ1v) is 11.9. The Morgan fingerprint density at radius 1 is 1.03 bits per heavy atom. The van der Waals surface area contributed by atoms with Crippen molar-refractivity contribution in [3.8, 4) is 5.75 Å². The van der Waals surface area contributed by atoms with Crippen molar-refractivity contribution in [2.75, 3.05) is 17.8 Å². The summed E-state index contributed by atoms with van der Waals surface area (Å²) in [4.78, 5) is 9.73. The molecular weight excluding hydrogens is 431 g/mol. The fraction of sp³-hybridized carbons (Fsp3) is 0.304. The monoisotopic (exact) mass is 456 g/mol. The summed E-state index contributed by atoms with van der Waals surface area (Å²) in [6, 6.07) is 17.0. The molecule has 0 amide bonds. The van der Waals surface area contributed by atoms with E-state index in [1.165, 1.54) is 17.7 Å². The molecule has 9 heteroatoms. The molecule has 2 heterocycles. The summed E-state index contributed by atoms with van der Waals surface area (Å²) in [7, 11) is -3.88. The van der Waals surface area contributed by atoms with E-state index in [0.29, 0.717) is 11.8 Å². The molecular formula is C23H25FN4O3S. The van der Waals surface area contributed by atoms with Crippen LogP contribution in [0.2, 0.25) is 0 Å². The Morgan fingerprint density at radius 3 is 2.28 bits per heavy atom. The van der Waals surface area contributed by atoms with Crippen LogP contribution < -0.4 is 9.46 Å². The van der Waals surface area contributed by atoms with Gasteiger partial charge in [-0.2, -0.15) is 0 Å². The molecule has 1 aliphatic heterocycles. The van der Waals surface area contributed by atoms with Crippen LogP contribution >= 0.6 is 0 Å². The lowest BCUT2D eigenvalue weighted by Crippen LogP contribution is -2.39. The highest BCUT2D eigenvalue weighted by atomic mass is 32.2. The zero-order valence-electron chi connectivity index (χ0n) is 17.7. The highest BCUT2D eigenvalue weighted by molar-refractivity contribution is 7.92. The lowest BCUT2D eigenvalue weighted by atomic mass is 10.0. The van der Waals surface area contributed by atoms with E-state index in [1.54, 1.807) is 12.1 Å². The van der Waals surface area contributed by atoms with Gasteiger partial charge in [-0.25, -0.2) is 27.5 Å². The normalized spacial score (nSPS) is 16.4. The van der Waals surface area contributed by atoms with Crippen LogP contribution in [0.25, 0.3) is 0 Å². The molecule has 0 aliphatic carbocycles. The molecule has 0 spiro atoms. The molecule has 1 aromatic heterocycles. The Labute approximate surface area is 187 Å². The van der Waals surface area contributed by atoms with Crippen molar-refractivity contribution < 1.29 is 17.5 Å². The van der Waals surface area contributed by atoms with E-state index in [-0.39, 0.29) is 16.9 Å². The average Bonchev–Trinajstić information content (AvgIpc) is 2.81. The van der Waals surface area contributed by atoms with Gasteiger partial charge in [0.1, 0.15) is 11.9 Å². The molecule has 4 rings (SSSR count). The lowest BCUT2D eigenvalue weighted by molar-refractivity contribution is 0.0797. The van der Waals surface area contributed by atoms with Gasteiger partial charge < -0.3 is 4.74 Å². The summed E-state index contributed by atoms with van der Waals surface area (Å²) in [6.45, 7) is 4.10. The van der Waals surface area contributed by atoms with Gasteiger partial charge in [-0.05, 0) is 49.6 Å². The number of hydrogen-bond acceptors (Lipinski definition) is 6. The van der Waals surface area contributed by atoms with E-state index < -0.39 is 15.8 Å². The summed E-state index contributed by atoms with van der Waals surface area (Å²) >= 11 is 0. The second-order valence-electron chi connectivity index (χ2n) is 7.74. The van der Waals surface area contributed by atoms with Crippen molar-refractivity contribution in [2.24, 2.45) is 0 Å². The number of hydrogen-bond donors (Lipinski definition) is 1. The largest absolute Gasteiger partial charge is 0.490 e. The molecule has 2 aromatic carbocycles. The van der Waals surface area contributed by atoms with Crippen molar-refractivity contribution in [3.05, 3.63) is 78.4 Å². The Balaban J connectivity index is 1.32. The number of sulfonamides is 1. The van der Waals surface area contributed by atoms with E-state index in [2.05, 4.69) is 50.8 Å². The number of aromatic nitrogens is 2. The van der Waals surface area contributed by atoms with Crippen molar-refractivity contribution in [3.63, 3.8) is 0 Å².